The molecule has 1 aromatic carbocycles. The van der Waals surface area contributed by atoms with Gasteiger partial charge >= 0.3 is 11.7 Å². The third-order valence-corrected chi connectivity index (χ3v) is 4.56. The van der Waals surface area contributed by atoms with Crippen LogP contribution in [0.2, 0.25) is 0 Å². The maximum Gasteiger partial charge on any atom is 0.332 e. The molecule has 11 heteroatoms. The number of carbonyl (C=O) groups is 2. The third-order valence-electron chi connectivity index (χ3n) is 4.56. The molecule has 3 aromatic rings. The zero-order chi connectivity index (χ0) is 22.0. The zero-order valence-electron chi connectivity index (χ0n) is 16.9. The van der Waals surface area contributed by atoms with Gasteiger partial charge in [-0.2, -0.15) is 0 Å². The van der Waals surface area contributed by atoms with E-state index in [1.165, 1.54) is 43.6 Å². The molecule has 0 aliphatic heterocycles. The Morgan fingerprint density at radius 2 is 1.87 bits per heavy atom. The van der Waals surface area contributed by atoms with Crippen molar-refractivity contribution in [2.24, 2.45) is 14.1 Å². The lowest BCUT2D eigenvalue weighted by molar-refractivity contribution is -0.153. The van der Waals surface area contributed by atoms with Crippen molar-refractivity contribution in [3.8, 4) is 5.75 Å². The highest BCUT2D eigenvalue weighted by molar-refractivity contribution is 5.96. The monoisotopic (exact) mass is 415 g/mol. The van der Waals surface area contributed by atoms with E-state index in [4.69, 9.17) is 9.47 Å². The fourth-order valence-corrected chi connectivity index (χ4v) is 2.93. The van der Waals surface area contributed by atoms with Crippen molar-refractivity contribution in [1.29, 1.82) is 0 Å². The molecule has 158 valence electrons. The van der Waals surface area contributed by atoms with E-state index in [0.29, 0.717) is 11.4 Å². The Labute approximate surface area is 170 Å². The van der Waals surface area contributed by atoms with E-state index in [9.17, 15) is 19.2 Å². The van der Waals surface area contributed by atoms with Crippen molar-refractivity contribution in [1.82, 2.24) is 18.7 Å². The van der Waals surface area contributed by atoms with Crippen LogP contribution in [0.3, 0.4) is 0 Å². The number of aryl methyl sites for hydroxylation is 1. The second-order valence-corrected chi connectivity index (χ2v) is 6.57. The Bertz CT molecular complexity index is 1240. The fraction of sp³-hybridized carbons (Fsp3) is 0.316. The number of aromatic nitrogens is 4. The molecule has 0 bridgehead atoms. The number of hydrogen-bond acceptors (Lipinski definition) is 7. The van der Waals surface area contributed by atoms with Crippen LogP contribution in [0.4, 0.5) is 5.69 Å². The summed E-state index contributed by atoms with van der Waals surface area (Å²) < 4.78 is 13.8. The van der Waals surface area contributed by atoms with Gasteiger partial charge in [0.05, 0.1) is 19.1 Å². The molecule has 1 atom stereocenters. The Morgan fingerprint density at radius 3 is 2.57 bits per heavy atom. The molecule has 1 amide bonds. The van der Waals surface area contributed by atoms with Crippen LogP contribution in [0, 0.1) is 0 Å². The summed E-state index contributed by atoms with van der Waals surface area (Å²) >= 11 is 0. The number of rotatable bonds is 6. The average Bonchev–Trinajstić information content (AvgIpc) is 3.14. The summed E-state index contributed by atoms with van der Waals surface area (Å²) in [5.74, 6) is -0.815. The lowest BCUT2D eigenvalue weighted by atomic mass is 10.2. The number of imidazole rings is 1. The minimum atomic E-state index is -1.09. The third kappa shape index (κ3) is 3.81. The normalized spacial score (nSPS) is 11.9. The standard InChI is InChI=1S/C19H21N5O6/c1-11(17(26)21-12-7-5-6-8-13(12)29-4)30-14(25)9-24-10-20-16-15(24)18(27)23(3)19(28)22(16)2/h5-8,10-11H,9H2,1-4H3,(H,21,26)/t11-/m0/s1. The number of nitrogens with one attached hydrogen (secondary N) is 1. The Balaban J connectivity index is 1.73. The van der Waals surface area contributed by atoms with Crippen LogP contribution in [-0.2, 0) is 35.0 Å². The van der Waals surface area contributed by atoms with Crippen LogP contribution in [-0.4, -0.2) is 43.8 Å². The highest BCUT2D eigenvalue weighted by Crippen LogP contribution is 2.23. The summed E-state index contributed by atoms with van der Waals surface area (Å²) in [5, 5.41) is 2.63. The maximum atomic E-state index is 12.4. The van der Waals surface area contributed by atoms with Gasteiger partial charge in [0.1, 0.15) is 12.3 Å². The van der Waals surface area contributed by atoms with Gasteiger partial charge in [0.2, 0.25) is 0 Å². The molecule has 0 aliphatic carbocycles. The molecule has 11 nitrogen and oxygen atoms in total. The van der Waals surface area contributed by atoms with Crippen LogP contribution < -0.4 is 21.3 Å². The van der Waals surface area contributed by atoms with E-state index in [1.807, 2.05) is 0 Å². The van der Waals surface area contributed by atoms with Crippen LogP contribution >= 0.6 is 0 Å². The van der Waals surface area contributed by atoms with Crippen LogP contribution in [0.5, 0.6) is 5.75 Å². The number of methoxy groups -OCH3 is 1. The molecule has 30 heavy (non-hydrogen) atoms. The Kier molecular flexibility index (Phi) is 5.72. The summed E-state index contributed by atoms with van der Waals surface area (Å²) in [4.78, 5) is 53.1. The summed E-state index contributed by atoms with van der Waals surface area (Å²) in [6.45, 7) is 1.08. The highest BCUT2D eigenvalue weighted by atomic mass is 16.5. The molecule has 0 fully saturated rings. The number of nitrogens with zero attached hydrogens (tertiary/aromatic N) is 4. The quantitative estimate of drug-likeness (QED) is 0.562. The second kappa shape index (κ2) is 8.23. The molecule has 0 aliphatic rings. The highest BCUT2D eigenvalue weighted by Gasteiger charge is 2.21. The first-order valence-electron chi connectivity index (χ1n) is 8.98. The number of amides is 1. The molecular formula is C19H21N5O6. The Hall–Kier alpha value is -3.89. The van der Waals surface area contributed by atoms with E-state index in [1.54, 1.807) is 24.3 Å². The fourth-order valence-electron chi connectivity index (χ4n) is 2.93. The molecule has 2 heterocycles. The van der Waals surface area contributed by atoms with Crippen molar-refractivity contribution >= 4 is 28.7 Å². The molecule has 0 radical (unpaired) electrons. The number of hydrogen-bond donors (Lipinski definition) is 1. The van der Waals surface area contributed by atoms with Crippen LogP contribution in [0.15, 0.2) is 40.2 Å². The largest absolute Gasteiger partial charge is 0.495 e. The molecule has 0 saturated heterocycles. The van der Waals surface area contributed by atoms with Gasteiger partial charge in [0.25, 0.3) is 11.5 Å². The van der Waals surface area contributed by atoms with E-state index in [2.05, 4.69) is 10.3 Å². The first kappa shape index (κ1) is 20.8. The molecule has 0 saturated carbocycles. The summed E-state index contributed by atoms with van der Waals surface area (Å²) in [7, 11) is 4.29. The smallest absolute Gasteiger partial charge is 0.332 e. The van der Waals surface area contributed by atoms with Gasteiger partial charge in [-0.3, -0.25) is 23.5 Å². The van der Waals surface area contributed by atoms with Crippen molar-refractivity contribution in [3.05, 3.63) is 51.4 Å². The van der Waals surface area contributed by atoms with Crippen LogP contribution in [0.1, 0.15) is 6.92 Å². The number of fused-ring (bicyclic) bond motifs is 1. The zero-order valence-corrected chi connectivity index (χ0v) is 16.9. The minimum absolute atomic E-state index is 0.0858. The number of benzene rings is 1. The molecular weight excluding hydrogens is 394 g/mol. The first-order chi connectivity index (χ1) is 14.2. The Morgan fingerprint density at radius 1 is 1.17 bits per heavy atom. The average molecular weight is 415 g/mol. The molecule has 0 unspecified atom stereocenters. The number of para-hydroxylation sites is 2. The van der Waals surface area contributed by atoms with E-state index in [0.717, 1.165) is 4.57 Å². The number of anilines is 1. The van der Waals surface area contributed by atoms with Crippen molar-refractivity contribution < 1.29 is 19.1 Å². The molecule has 3 rings (SSSR count). The predicted molar refractivity (Wildman–Crippen MR) is 107 cm³/mol. The van der Waals surface area contributed by atoms with Gasteiger partial charge in [0, 0.05) is 14.1 Å². The summed E-state index contributed by atoms with van der Waals surface area (Å²) in [6.07, 6.45) is 0.177. The van der Waals surface area contributed by atoms with Gasteiger partial charge in [-0.05, 0) is 19.1 Å². The van der Waals surface area contributed by atoms with Crippen molar-refractivity contribution in [3.63, 3.8) is 0 Å². The first-order valence-corrected chi connectivity index (χ1v) is 8.98. The van der Waals surface area contributed by atoms with Crippen molar-refractivity contribution in [2.45, 2.75) is 19.6 Å². The topological polar surface area (TPSA) is 126 Å². The lowest BCUT2D eigenvalue weighted by Crippen LogP contribution is -2.38. The maximum absolute atomic E-state index is 12.4. The van der Waals surface area contributed by atoms with E-state index < -0.39 is 29.2 Å². The molecule has 0 spiro atoms. The predicted octanol–water partition coefficient (Wildman–Crippen LogP) is 0.0127. The number of esters is 1. The number of ether oxygens (including phenoxy) is 2. The molecule has 1 N–H and O–H groups in total. The van der Waals surface area contributed by atoms with Crippen LogP contribution in [0.25, 0.3) is 11.2 Å². The van der Waals surface area contributed by atoms with Gasteiger partial charge in [-0.25, -0.2) is 9.78 Å². The van der Waals surface area contributed by atoms with Gasteiger partial charge in [-0.15, -0.1) is 0 Å². The van der Waals surface area contributed by atoms with Gasteiger partial charge in [-0.1, -0.05) is 12.1 Å². The van der Waals surface area contributed by atoms with Gasteiger partial charge in [0.15, 0.2) is 17.3 Å². The molecule has 2 aromatic heterocycles. The SMILES string of the molecule is COc1ccccc1NC(=O)[C@H](C)OC(=O)Cn1cnc2c1c(=O)n(C)c(=O)n2C. The van der Waals surface area contributed by atoms with E-state index in [-0.39, 0.29) is 17.7 Å². The summed E-state index contributed by atoms with van der Waals surface area (Å²) in [5.41, 5.74) is -0.430. The van der Waals surface area contributed by atoms with E-state index >= 15 is 0 Å². The number of carbonyl (C=O) groups excluding carboxylic acids is 2. The second-order valence-electron chi connectivity index (χ2n) is 6.57. The lowest BCUT2D eigenvalue weighted by Gasteiger charge is -2.15. The summed E-state index contributed by atoms with van der Waals surface area (Å²) in [6, 6.07) is 6.83. The minimum Gasteiger partial charge on any atom is -0.495 e. The van der Waals surface area contributed by atoms with Crippen molar-refractivity contribution in [2.75, 3.05) is 12.4 Å². The van der Waals surface area contributed by atoms with Gasteiger partial charge < -0.3 is 19.4 Å².